The Morgan fingerprint density at radius 1 is 1.31 bits per heavy atom. The number of fused-ring (bicyclic) bond motifs is 1. The van der Waals surface area contributed by atoms with E-state index < -0.39 is 0 Å². The van der Waals surface area contributed by atoms with Crippen LogP contribution in [0.1, 0.15) is 19.8 Å². The molecule has 1 heterocycles. The molecule has 0 radical (unpaired) electrons. The summed E-state index contributed by atoms with van der Waals surface area (Å²) in [7, 11) is 0. The highest BCUT2D eigenvalue weighted by atomic mass is 16.6. The number of esters is 1. The van der Waals surface area contributed by atoms with Gasteiger partial charge in [0.25, 0.3) is 0 Å². The molecule has 0 aromatic heterocycles. The molecule has 0 N–H and O–H groups in total. The molecule has 0 spiro atoms. The van der Waals surface area contributed by atoms with Gasteiger partial charge in [-0.15, -0.1) is 0 Å². The Balaban J connectivity index is 1.85. The second-order valence-electron chi connectivity index (χ2n) is 4.68. The maximum absolute atomic E-state index is 11.0. The maximum atomic E-state index is 11.0. The molecule has 3 aliphatic carbocycles. The van der Waals surface area contributed by atoms with Gasteiger partial charge < -0.3 is 14.2 Å². The van der Waals surface area contributed by atoms with Crippen LogP contribution in [0.4, 0.5) is 0 Å². The van der Waals surface area contributed by atoms with Crippen molar-refractivity contribution in [2.24, 2.45) is 11.8 Å². The fourth-order valence-electron chi connectivity index (χ4n) is 3.06. The highest BCUT2D eigenvalue weighted by Crippen LogP contribution is 2.45. The summed E-state index contributed by atoms with van der Waals surface area (Å²) in [5.74, 6) is 1.12. The maximum Gasteiger partial charge on any atom is 0.307 e. The SMILES string of the molecule is CC(=O)OC1=C[C@H]2CC[C@@H]1[C@H]1OCCO[C@H]12. The van der Waals surface area contributed by atoms with Gasteiger partial charge in [0.05, 0.1) is 25.4 Å². The third kappa shape index (κ3) is 1.57. The van der Waals surface area contributed by atoms with Gasteiger partial charge in [0.15, 0.2) is 0 Å². The lowest BCUT2D eigenvalue weighted by Gasteiger charge is -2.48. The molecule has 4 atom stereocenters. The highest BCUT2D eigenvalue weighted by Gasteiger charge is 2.48. The van der Waals surface area contributed by atoms with Crippen molar-refractivity contribution < 1.29 is 19.0 Å². The van der Waals surface area contributed by atoms with E-state index >= 15 is 0 Å². The minimum atomic E-state index is -0.243. The van der Waals surface area contributed by atoms with Crippen molar-refractivity contribution in [3.05, 3.63) is 11.8 Å². The van der Waals surface area contributed by atoms with E-state index in [0.29, 0.717) is 19.1 Å². The average Bonchev–Trinajstić information content (AvgIpc) is 2.29. The molecule has 1 saturated carbocycles. The Labute approximate surface area is 94.5 Å². The van der Waals surface area contributed by atoms with E-state index in [1.165, 1.54) is 6.92 Å². The molecule has 1 aliphatic heterocycles. The minimum absolute atomic E-state index is 0.0897. The Bertz CT molecular complexity index is 336. The van der Waals surface area contributed by atoms with E-state index in [1.54, 1.807) is 0 Å². The van der Waals surface area contributed by atoms with Gasteiger partial charge in [-0.3, -0.25) is 4.79 Å². The second-order valence-corrected chi connectivity index (χ2v) is 4.68. The largest absolute Gasteiger partial charge is 0.431 e. The first-order valence-electron chi connectivity index (χ1n) is 5.89. The third-order valence-electron chi connectivity index (χ3n) is 3.66. The molecule has 4 rings (SSSR count). The monoisotopic (exact) mass is 224 g/mol. The van der Waals surface area contributed by atoms with Crippen LogP contribution in [-0.4, -0.2) is 31.4 Å². The molecule has 88 valence electrons. The van der Waals surface area contributed by atoms with E-state index in [0.717, 1.165) is 18.6 Å². The van der Waals surface area contributed by atoms with Crippen LogP contribution in [0.25, 0.3) is 0 Å². The second kappa shape index (κ2) is 3.86. The zero-order valence-corrected chi connectivity index (χ0v) is 9.35. The first kappa shape index (κ1) is 10.3. The van der Waals surface area contributed by atoms with E-state index in [1.807, 2.05) is 0 Å². The first-order valence-corrected chi connectivity index (χ1v) is 5.89. The van der Waals surface area contributed by atoms with Crippen LogP contribution < -0.4 is 0 Å². The summed E-state index contributed by atoms with van der Waals surface area (Å²) in [6.45, 7) is 2.78. The molecule has 16 heavy (non-hydrogen) atoms. The smallest absolute Gasteiger partial charge is 0.307 e. The highest BCUT2D eigenvalue weighted by molar-refractivity contribution is 5.67. The normalized spacial score (nSPS) is 41.2. The van der Waals surface area contributed by atoms with Gasteiger partial charge >= 0.3 is 5.97 Å². The summed E-state index contributed by atoms with van der Waals surface area (Å²) in [5.41, 5.74) is 0. The predicted molar refractivity (Wildman–Crippen MR) is 55.5 cm³/mol. The number of hydrogen-bond acceptors (Lipinski definition) is 4. The molecule has 0 amide bonds. The summed E-state index contributed by atoms with van der Waals surface area (Å²) >= 11 is 0. The molecule has 0 unspecified atom stereocenters. The van der Waals surface area contributed by atoms with Gasteiger partial charge in [-0.1, -0.05) is 0 Å². The molecule has 4 nitrogen and oxygen atoms in total. The number of carbonyl (C=O) groups excluding carboxylic acids is 1. The molecule has 2 bridgehead atoms. The number of ether oxygens (including phenoxy) is 3. The van der Waals surface area contributed by atoms with Crippen LogP contribution >= 0.6 is 0 Å². The molecule has 1 saturated heterocycles. The Morgan fingerprint density at radius 3 is 2.81 bits per heavy atom. The van der Waals surface area contributed by atoms with Crippen LogP contribution in [0.5, 0.6) is 0 Å². The molecular formula is C12H16O4. The zero-order valence-electron chi connectivity index (χ0n) is 9.35. The van der Waals surface area contributed by atoms with Crippen molar-refractivity contribution in [2.75, 3.05) is 13.2 Å². The fraction of sp³-hybridized carbons (Fsp3) is 0.750. The lowest BCUT2D eigenvalue weighted by Crippen LogP contribution is -2.53. The average molecular weight is 224 g/mol. The molecule has 2 fully saturated rings. The number of rotatable bonds is 1. The third-order valence-corrected chi connectivity index (χ3v) is 3.66. The van der Waals surface area contributed by atoms with Crippen LogP contribution in [0, 0.1) is 11.8 Å². The zero-order chi connectivity index (χ0) is 11.1. The van der Waals surface area contributed by atoms with Crippen LogP contribution in [0.15, 0.2) is 11.8 Å². The molecule has 4 heteroatoms. The molecule has 0 aromatic carbocycles. The summed E-state index contributed by atoms with van der Waals surface area (Å²) in [5, 5.41) is 0. The summed E-state index contributed by atoms with van der Waals surface area (Å²) in [6, 6.07) is 0. The van der Waals surface area contributed by atoms with Crippen molar-refractivity contribution in [1.29, 1.82) is 0 Å². The van der Waals surface area contributed by atoms with Crippen molar-refractivity contribution in [3.63, 3.8) is 0 Å². The van der Waals surface area contributed by atoms with Crippen molar-refractivity contribution >= 4 is 5.97 Å². The van der Waals surface area contributed by atoms with E-state index in [4.69, 9.17) is 14.2 Å². The Morgan fingerprint density at radius 2 is 2.06 bits per heavy atom. The van der Waals surface area contributed by atoms with Gasteiger partial charge in [0.1, 0.15) is 5.76 Å². The van der Waals surface area contributed by atoms with E-state index in [-0.39, 0.29) is 24.1 Å². The summed E-state index contributed by atoms with van der Waals surface area (Å²) < 4.78 is 16.8. The van der Waals surface area contributed by atoms with Crippen molar-refractivity contribution in [3.8, 4) is 0 Å². The standard InChI is InChI=1S/C12H16O4/c1-7(13)16-10-6-8-2-3-9(10)12-11(8)14-4-5-15-12/h6,8-9,11-12H,2-5H2,1H3/t8-,9+,11+,12-/m1/s1. The number of hydrogen-bond donors (Lipinski definition) is 0. The quantitative estimate of drug-likeness (QED) is 0.629. The molecule has 4 aliphatic rings. The van der Waals surface area contributed by atoms with Gasteiger partial charge in [-0.25, -0.2) is 0 Å². The van der Waals surface area contributed by atoms with Gasteiger partial charge in [0.2, 0.25) is 0 Å². The van der Waals surface area contributed by atoms with E-state index in [9.17, 15) is 4.79 Å². The molecule has 0 aromatic rings. The van der Waals surface area contributed by atoms with E-state index in [2.05, 4.69) is 6.08 Å². The van der Waals surface area contributed by atoms with Crippen LogP contribution in [-0.2, 0) is 19.0 Å². The summed E-state index contributed by atoms with van der Waals surface area (Å²) in [4.78, 5) is 11.0. The topological polar surface area (TPSA) is 44.8 Å². The Hall–Kier alpha value is -0.870. The lowest BCUT2D eigenvalue weighted by atomic mass is 9.70. The van der Waals surface area contributed by atoms with Crippen molar-refractivity contribution in [2.45, 2.75) is 32.0 Å². The lowest BCUT2D eigenvalue weighted by molar-refractivity contribution is -0.194. The van der Waals surface area contributed by atoms with Gasteiger partial charge in [-0.05, 0) is 18.9 Å². The van der Waals surface area contributed by atoms with Crippen molar-refractivity contribution in [1.82, 2.24) is 0 Å². The van der Waals surface area contributed by atoms with Gasteiger partial charge in [0, 0.05) is 18.8 Å². The minimum Gasteiger partial charge on any atom is -0.431 e. The molecular weight excluding hydrogens is 208 g/mol. The predicted octanol–water partition coefficient (Wildman–Crippen LogP) is 1.26. The first-order chi connectivity index (χ1) is 7.75. The van der Waals surface area contributed by atoms with Gasteiger partial charge in [-0.2, -0.15) is 0 Å². The van der Waals surface area contributed by atoms with Crippen LogP contribution in [0.3, 0.4) is 0 Å². The summed E-state index contributed by atoms with van der Waals surface area (Å²) in [6.07, 6.45) is 4.47. The Kier molecular flexibility index (Phi) is 2.48. The number of carbonyl (C=O) groups is 1. The fourth-order valence-corrected chi connectivity index (χ4v) is 3.06. The van der Waals surface area contributed by atoms with Crippen LogP contribution in [0.2, 0.25) is 0 Å².